The molecular formula is C19H20Cl3N5O. The van der Waals surface area contributed by atoms with Crippen LogP contribution in [0.5, 0.6) is 5.75 Å². The van der Waals surface area contributed by atoms with Crippen LogP contribution in [-0.4, -0.2) is 41.2 Å². The number of anilines is 1. The molecule has 0 aliphatic carbocycles. The van der Waals surface area contributed by atoms with Crippen molar-refractivity contribution in [3.05, 3.63) is 45.0 Å². The van der Waals surface area contributed by atoms with Crippen LogP contribution >= 0.6 is 34.8 Å². The third-order valence-electron chi connectivity index (χ3n) is 4.89. The molecule has 3 heterocycles. The molecule has 1 aliphatic heterocycles. The van der Waals surface area contributed by atoms with E-state index in [0.29, 0.717) is 39.2 Å². The van der Waals surface area contributed by atoms with Crippen LogP contribution in [0.4, 0.5) is 5.95 Å². The van der Waals surface area contributed by atoms with E-state index < -0.39 is 0 Å². The van der Waals surface area contributed by atoms with Gasteiger partial charge in [-0.25, -0.2) is 4.98 Å². The number of nitrogens with zero attached hydrogens (tertiary/aromatic N) is 3. The molecule has 6 nitrogen and oxygen atoms in total. The minimum atomic E-state index is 0.306. The Morgan fingerprint density at radius 1 is 1.25 bits per heavy atom. The second kappa shape index (κ2) is 8.33. The van der Waals surface area contributed by atoms with Gasteiger partial charge in [-0.15, -0.1) is 0 Å². The van der Waals surface area contributed by atoms with Crippen LogP contribution in [0.1, 0.15) is 18.4 Å². The molecule has 2 N–H and O–H groups in total. The van der Waals surface area contributed by atoms with E-state index >= 15 is 0 Å². The summed E-state index contributed by atoms with van der Waals surface area (Å²) in [6.07, 6.45) is 2.15. The van der Waals surface area contributed by atoms with Crippen molar-refractivity contribution in [1.82, 2.24) is 20.3 Å². The van der Waals surface area contributed by atoms with Crippen molar-refractivity contribution < 1.29 is 4.74 Å². The maximum Gasteiger partial charge on any atom is 0.205 e. The second-order valence-corrected chi connectivity index (χ2v) is 8.04. The first kappa shape index (κ1) is 19.6. The number of fused-ring (bicyclic) bond motifs is 1. The maximum absolute atomic E-state index is 6.24. The fourth-order valence-electron chi connectivity index (χ4n) is 3.57. The smallest absolute Gasteiger partial charge is 0.205 e. The van der Waals surface area contributed by atoms with Crippen LogP contribution in [0.15, 0.2) is 24.3 Å². The fraction of sp³-hybridized carbons (Fsp3) is 0.368. The molecule has 1 saturated heterocycles. The van der Waals surface area contributed by atoms with Crippen LogP contribution in [0, 0.1) is 0 Å². The molecule has 1 fully saturated rings. The summed E-state index contributed by atoms with van der Waals surface area (Å²) in [6, 6.07) is 7.54. The van der Waals surface area contributed by atoms with Gasteiger partial charge >= 0.3 is 0 Å². The van der Waals surface area contributed by atoms with E-state index in [4.69, 9.17) is 39.5 Å². The van der Waals surface area contributed by atoms with Gasteiger partial charge in [-0.05, 0) is 37.1 Å². The van der Waals surface area contributed by atoms with Crippen molar-refractivity contribution in [3.8, 4) is 5.75 Å². The van der Waals surface area contributed by atoms with Crippen molar-refractivity contribution in [1.29, 1.82) is 0 Å². The van der Waals surface area contributed by atoms with Crippen molar-refractivity contribution >= 4 is 51.9 Å². The SMILES string of the molecule is COc1c(Cl)cc(Cl)cc1CNC1CCCN(c2nc3nc(Cl)ccc3[nH]2)C1. The molecule has 148 valence electrons. The van der Waals surface area contributed by atoms with Crippen LogP contribution in [0.2, 0.25) is 15.2 Å². The van der Waals surface area contributed by atoms with Gasteiger partial charge in [0.2, 0.25) is 5.95 Å². The van der Waals surface area contributed by atoms with Crippen molar-refractivity contribution in [3.63, 3.8) is 0 Å². The number of aromatic nitrogens is 3. The van der Waals surface area contributed by atoms with Gasteiger partial charge < -0.3 is 19.9 Å². The summed E-state index contributed by atoms with van der Waals surface area (Å²) in [4.78, 5) is 14.4. The van der Waals surface area contributed by atoms with Gasteiger partial charge in [0.1, 0.15) is 10.9 Å². The predicted octanol–water partition coefficient (Wildman–Crippen LogP) is 4.69. The van der Waals surface area contributed by atoms with Gasteiger partial charge in [0, 0.05) is 36.3 Å². The number of ether oxygens (including phenoxy) is 1. The average Bonchev–Trinajstić information content (AvgIpc) is 3.09. The Balaban J connectivity index is 1.45. The summed E-state index contributed by atoms with van der Waals surface area (Å²) >= 11 is 18.4. The zero-order valence-electron chi connectivity index (χ0n) is 15.3. The molecule has 28 heavy (non-hydrogen) atoms. The second-order valence-electron chi connectivity index (χ2n) is 6.81. The monoisotopic (exact) mass is 439 g/mol. The minimum absolute atomic E-state index is 0.306. The molecule has 1 aromatic carbocycles. The number of methoxy groups -OCH3 is 1. The number of imidazole rings is 1. The van der Waals surface area contributed by atoms with Crippen LogP contribution in [-0.2, 0) is 6.54 Å². The Kier molecular flexibility index (Phi) is 5.83. The molecular weight excluding hydrogens is 421 g/mol. The van der Waals surface area contributed by atoms with Crippen molar-refractivity contribution in [2.45, 2.75) is 25.4 Å². The summed E-state index contributed by atoms with van der Waals surface area (Å²) < 4.78 is 5.43. The summed E-state index contributed by atoms with van der Waals surface area (Å²) in [6.45, 7) is 2.40. The van der Waals surface area contributed by atoms with Gasteiger partial charge in [0.05, 0.1) is 17.6 Å². The summed E-state index contributed by atoms with van der Waals surface area (Å²) in [5, 5.41) is 5.15. The largest absolute Gasteiger partial charge is 0.495 e. The standard InChI is InChI=1S/C19H20Cl3N5O/c1-28-17-11(7-12(20)8-14(17)21)9-23-13-3-2-6-27(10-13)19-24-15-4-5-16(22)25-18(15)26-19/h4-5,7-8,13,23H,2-3,6,9-10H2,1H3,(H,24,25,26). The molecule has 0 radical (unpaired) electrons. The molecule has 0 bridgehead atoms. The van der Waals surface area contributed by atoms with Gasteiger partial charge in [0.25, 0.3) is 0 Å². The number of rotatable bonds is 5. The number of hydrogen-bond donors (Lipinski definition) is 2. The highest BCUT2D eigenvalue weighted by atomic mass is 35.5. The van der Waals surface area contributed by atoms with Gasteiger partial charge in [-0.1, -0.05) is 34.8 Å². The molecule has 0 spiro atoms. The van der Waals surface area contributed by atoms with Crippen LogP contribution in [0.3, 0.4) is 0 Å². The van der Waals surface area contributed by atoms with E-state index in [1.54, 1.807) is 19.2 Å². The number of halogens is 3. The first-order valence-corrected chi connectivity index (χ1v) is 10.2. The first-order valence-electron chi connectivity index (χ1n) is 9.06. The zero-order valence-corrected chi connectivity index (χ0v) is 17.6. The fourth-order valence-corrected chi connectivity index (χ4v) is 4.33. The molecule has 2 aromatic heterocycles. The van der Waals surface area contributed by atoms with E-state index in [-0.39, 0.29) is 0 Å². The van der Waals surface area contributed by atoms with Crippen molar-refractivity contribution in [2.24, 2.45) is 0 Å². The normalized spacial score (nSPS) is 17.3. The summed E-state index contributed by atoms with van der Waals surface area (Å²) in [7, 11) is 1.61. The van der Waals surface area contributed by atoms with Crippen molar-refractivity contribution in [2.75, 3.05) is 25.1 Å². The van der Waals surface area contributed by atoms with E-state index in [2.05, 4.69) is 25.2 Å². The van der Waals surface area contributed by atoms with Gasteiger partial charge in [0.15, 0.2) is 5.65 Å². The molecule has 3 aromatic rings. The zero-order chi connectivity index (χ0) is 19.7. The highest BCUT2D eigenvalue weighted by Crippen LogP contribution is 2.32. The van der Waals surface area contributed by atoms with Gasteiger partial charge in [-0.2, -0.15) is 4.98 Å². The lowest BCUT2D eigenvalue weighted by atomic mass is 10.1. The van der Waals surface area contributed by atoms with Gasteiger partial charge in [-0.3, -0.25) is 0 Å². The lowest BCUT2D eigenvalue weighted by molar-refractivity contribution is 0.394. The summed E-state index contributed by atoms with van der Waals surface area (Å²) in [5.41, 5.74) is 2.46. The number of H-pyrrole nitrogens is 1. The number of benzene rings is 1. The number of hydrogen-bond acceptors (Lipinski definition) is 5. The molecule has 0 saturated carbocycles. The number of pyridine rings is 1. The quantitative estimate of drug-likeness (QED) is 0.564. The predicted molar refractivity (Wildman–Crippen MR) is 114 cm³/mol. The Morgan fingerprint density at radius 2 is 2.11 bits per heavy atom. The Bertz CT molecular complexity index is 993. The van der Waals surface area contributed by atoms with E-state index in [9.17, 15) is 0 Å². The minimum Gasteiger partial charge on any atom is -0.495 e. The summed E-state index contributed by atoms with van der Waals surface area (Å²) in [5.74, 6) is 1.48. The maximum atomic E-state index is 6.24. The Hall–Kier alpha value is -1.73. The third-order valence-corrected chi connectivity index (χ3v) is 5.60. The Labute approximate surface area is 178 Å². The van der Waals surface area contributed by atoms with E-state index in [1.165, 1.54) is 0 Å². The molecule has 1 atom stereocenters. The van der Waals surface area contributed by atoms with E-state index in [1.807, 2.05) is 12.1 Å². The lowest BCUT2D eigenvalue weighted by Crippen LogP contribution is -2.46. The Morgan fingerprint density at radius 3 is 2.93 bits per heavy atom. The third kappa shape index (κ3) is 4.15. The number of aromatic amines is 1. The molecule has 9 heteroatoms. The average molecular weight is 441 g/mol. The molecule has 4 rings (SSSR count). The van der Waals surface area contributed by atoms with Crippen LogP contribution in [0.25, 0.3) is 11.2 Å². The number of piperidine rings is 1. The molecule has 0 amide bonds. The highest BCUT2D eigenvalue weighted by molar-refractivity contribution is 6.35. The number of nitrogens with one attached hydrogen (secondary N) is 2. The molecule has 1 unspecified atom stereocenters. The van der Waals surface area contributed by atoms with Crippen LogP contribution < -0.4 is 15.0 Å². The topological polar surface area (TPSA) is 66.1 Å². The highest BCUT2D eigenvalue weighted by Gasteiger charge is 2.23. The molecule has 1 aliphatic rings. The van der Waals surface area contributed by atoms with E-state index in [0.717, 1.165) is 43.0 Å². The lowest BCUT2D eigenvalue weighted by Gasteiger charge is -2.33. The first-order chi connectivity index (χ1) is 13.5.